The minimum absolute atomic E-state index is 0.113. The lowest BCUT2D eigenvalue weighted by Crippen LogP contribution is -2.46. The Morgan fingerprint density at radius 1 is 1.17 bits per heavy atom. The predicted molar refractivity (Wildman–Crippen MR) is 82.4 cm³/mol. The van der Waals surface area contributed by atoms with Crippen LogP contribution in [0.15, 0.2) is 0 Å². The van der Waals surface area contributed by atoms with E-state index >= 15 is 0 Å². The lowest BCUT2D eigenvalue weighted by Gasteiger charge is -2.35. The smallest absolute Gasteiger partial charge is 0.0703 e. The SMILES string of the molecule is CCCCCCCCCC(O)C1CSCCN1C. The Balaban J connectivity index is 2.00. The van der Waals surface area contributed by atoms with Crippen LogP contribution in [0.4, 0.5) is 0 Å². The third-order valence-electron chi connectivity index (χ3n) is 3.99. The van der Waals surface area contributed by atoms with Crippen LogP contribution in [0.3, 0.4) is 0 Å². The van der Waals surface area contributed by atoms with E-state index in [-0.39, 0.29) is 6.10 Å². The Morgan fingerprint density at radius 2 is 1.83 bits per heavy atom. The Hall–Kier alpha value is 0.270. The van der Waals surface area contributed by atoms with Gasteiger partial charge in [-0.15, -0.1) is 0 Å². The van der Waals surface area contributed by atoms with Crippen molar-refractivity contribution >= 4 is 11.8 Å². The molecule has 2 nitrogen and oxygen atoms in total. The molecular formula is C15H31NOS. The maximum Gasteiger partial charge on any atom is 0.0703 e. The van der Waals surface area contributed by atoms with E-state index in [9.17, 15) is 5.11 Å². The van der Waals surface area contributed by atoms with Crippen LogP contribution in [0.25, 0.3) is 0 Å². The normalized spacial score (nSPS) is 23.2. The third-order valence-corrected chi connectivity index (χ3v) is 5.04. The molecule has 0 saturated carbocycles. The first-order chi connectivity index (χ1) is 8.75. The molecule has 1 aliphatic rings. The van der Waals surface area contributed by atoms with Crippen LogP contribution in [0.1, 0.15) is 58.3 Å². The molecule has 0 aromatic rings. The maximum absolute atomic E-state index is 10.2. The predicted octanol–water partition coefficient (Wildman–Crippen LogP) is 3.54. The van der Waals surface area contributed by atoms with Crippen molar-refractivity contribution in [1.82, 2.24) is 4.90 Å². The topological polar surface area (TPSA) is 23.5 Å². The molecule has 0 amide bonds. The zero-order valence-electron chi connectivity index (χ0n) is 12.2. The van der Waals surface area contributed by atoms with E-state index in [0.29, 0.717) is 6.04 Å². The Bertz CT molecular complexity index is 201. The zero-order chi connectivity index (χ0) is 13.2. The molecule has 1 N–H and O–H groups in total. The van der Waals surface area contributed by atoms with E-state index in [0.717, 1.165) is 18.7 Å². The quantitative estimate of drug-likeness (QED) is 0.650. The van der Waals surface area contributed by atoms with Crippen LogP contribution in [-0.4, -0.2) is 47.3 Å². The van der Waals surface area contributed by atoms with Gasteiger partial charge in [-0.1, -0.05) is 51.9 Å². The molecule has 3 heteroatoms. The fourth-order valence-electron chi connectivity index (χ4n) is 2.61. The van der Waals surface area contributed by atoms with Gasteiger partial charge in [-0.25, -0.2) is 0 Å². The molecular weight excluding hydrogens is 242 g/mol. The highest BCUT2D eigenvalue weighted by Gasteiger charge is 2.25. The van der Waals surface area contributed by atoms with Crippen LogP contribution in [0.2, 0.25) is 0 Å². The maximum atomic E-state index is 10.2. The van der Waals surface area contributed by atoms with Gasteiger partial charge in [0.05, 0.1) is 6.10 Å². The Labute approximate surface area is 118 Å². The summed E-state index contributed by atoms with van der Waals surface area (Å²) in [6, 6.07) is 0.392. The second kappa shape index (κ2) is 10.1. The third kappa shape index (κ3) is 6.44. The van der Waals surface area contributed by atoms with Gasteiger partial charge in [-0.3, -0.25) is 4.90 Å². The average Bonchev–Trinajstić information content (AvgIpc) is 2.38. The van der Waals surface area contributed by atoms with Crippen molar-refractivity contribution in [2.75, 3.05) is 25.1 Å². The van der Waals surface area contributed by atoms with E-state index in [1.165, 1.54) is 50.7 Å². The van der Waals surface area contributed by atoms with Crippen molar-refractivity contribution in [3.8, 4) is 0 Å². The lowest BCUT2D eigenvalue weighted by atomic mass is 10.0. The first kappa shape index (κ1) is 16.3. The first-order valence-corrected chi connectivity index (χ1v) is 8.87. The van der Waals surface area contributed by atoms with E-state index in [1.54, 1.807) is 0 Å². The van der Waals surface area contributed by atoms with Crippen LogP contribution in [0.5, 0.6) is 0 Å². The molecule has 1 rings (SSSR count). The molecule has 18 heavy (non-hydrogen) atoms. The van der Waals surface area contributed by atoms with Crippen molar-refractivity contribution in [3.05, 3.63) is 0 Å². The molecule has 1 heterocycles. The van der Waals surface area contributed by atoms with Gasteiger partial charge in [0.2, 0.25) is 0 Å². The number of unbranched alkanes of at least 4 members (excludes halogenated alkanes) is 6. The van der Waals surface area contributed by atoms with E-state index in [2.05, 4.69) is 18.9 Å². The van der Waals surface area contributed by atoms with Gasteiger partial charge in [0.15, 0.2) is 0 Å². The van der Waals surface area contributed by atoms with Gasteiger partial charge < -0.3 is 5.11 Å². The fourth-order valence-corrected chi connectivity index (χ4v) is 3.92. The number of likely N-dealkylation sites (N-methyl/N-ethyl adjacent to an activating group) is 1. The van der Waals surface area contributed by atoms with Crippen molar-refractivity contribution in [1.29, 1.82) is 0 Å². The molecule has 1 aliphatic heterocycles. The molecule has 2 unspecified atom stereocenters. The zero-order valence-corrected chi connectivity index (χ0v) is 13.1. The molecule has 0 bridgehead atoms. The standard InChI is InChI=1S/C15H31NOS/c1-3-4-5-6-7-8-9-10-15(17)14-13-18-12-11-16(14)2/h14-15,17H,3-13H2,1-2H3. The molecule has 0 aromatic heterocycles. The summed E-state index contributed by atoms with van der Waals surface area (Å²) in [6.45, 7) is 3.39. The van der Waals surface area contributed by atoms with Gasteiger partial charge in [0.1, 0.15) is 0 Å². The second-order valence-corrected chi connectivity index (χ2v) is 6.75. The van der Waals surface area contributed by atoms with Crippen molar-refractivity contribution in [2.45, 2.75) is 70.4 Å². The van der Waals surface area contributed by atoms with E-state index in [4.69, 9.17) is 0 Å². The molecule has 1 saturated heterocycles. The highest BCUT2D eigenvalue weighted by molar-refractivity contribution is 7.99. The van der Waals surface area contributed by atoms with E-state index in [1.807, 2.05) is 11.8 Å². The summed E-state index contributed by atoms with van der Waals surface area (Å²) in [7, 11) is 2.15. The highest BCUT2D eigenvalue weighted by Crippen LogP contribution is 2.20. The average molecular weight is 273 g/mol. The summed E-state index contributed by atoms with van der Waals surface area (Å²) >= 11 is 1.99. The van der Waals surface area contributed by atoms with Crippen LogP contribution in [0, 0.1) is 0 Å². The molecule has 0 aliphatic carbocycles. The minimum atomic E-state index is -0.113. The lowest BCUT2D eigenvalue weighted by molar-refractivity contribution is 0.0674. The van der Waals surface area contributed by atoms with Crippen LogP contribution >= 0.6 is 11.8 Å². The van der Waals surface area contributed by atoms with Gasteiger partial charge in [-0.2, -0.15) is 11.8 Å². The molecule has 1 fully saturated rings. The summed E-state index contributed by atoms with van der Waals surface area (Å²) < 4.78 is 0. The minimum Gasteiger partial charge on any atom is -0.391 e. The first-order valence-electron chi connectivity index (χ1n) is 7.71. The van der Waals surface area contributed by atoms with Crippen LogP contribution < -0.4 is 0 Å². The number of rotatable bonds is 9. The highest BCUT2D eigenvalue weighted by atomic mass is 32.2. The molecule has 0 spiro atoms. The van der Waals surface area contributed by atoms with Gasteiger partial charge in [0.25, 0.3) is 0 Å². The van der Waals surface area contributed by atoms with Crippen molar-refractivity contribution < 1.29 is 5.11 Å². The largest absolute Gasteiger partial charge is 0.391 e. The number of thioether (sulfide) groups is 1. The van der Waals surface area contributed by atoms with Gasteiger partial charge >= 0.3 is 0 Å². The summed E-state index contributed by atoms with van der Waals surface area (Å²) in [5.74, 6) is 2.32. The number of nitrogens with zero attached hydrogens (tertiary/aromatic N) is 1. The van der Waals surface area contributed by atoms with Crippen molar-refractivity contribution in [3.63, 3.8) is 0 Å². The number of aliphatic hydroxyl groups is 1. The van der Waals surface area contributed by atoms with Crippen molar-refractivity contribution in [2.24, 2.45) is 0 Å². The number of aliphatic hydroxyl groups excluding tert-OH is 1. The molecule has 2 atom stereocenters. The Kier molecular flexibility index (Phi) is 9.16. The fraction of sp³-hybridized carbons (Fsp3) is 1.00. The molecule has 0 radical (unpaired) electrons. The molecule has 0 aromatic carbocycles. The number of hydrogen-bond acceptors (Lipinski definition) is 3. The summed E-state index contributed by atoms with van der Waals surface area (Å²) in [4.78, 5) is 2.34. The Morgan fingerprint density at radius 3 is 2.50 bits per heavy atom. The number of hydrogen-bond donors (Lipinski definition) is 1. The van der Waals surface area contributed by atoms with Crippen LogP contribution in [-0.2, 0) is 0 Å². The van der Waals surface area contributed by atoms with E-state index < -0.39 is 0 Å². The molecule has 108 valence electrons. The van der Waals surface area contributed by atoms with Gasteiger partial charge in [-0.05, 0) is 13.5 Å². The summed E-state index contributed by atoms with van der Waals surface area (Å²) in [5, 5.41) is 10.2. The summed E-state index contributed by atoms with van der Waals surface area (Å²) in [6.07, 6.45) is 10.2. The monoisotopic (exact) mass is 273 g/mol. The second-order valence-electron chi connectivity index (χ2n) is 5.60. The van der Waals surface area contributed by atoms with Gasteiger partial charge in [0, 0.05) is 24.1 Å². The summed E-state index contributed by atoms with van der Waals surface area (Å²) in [5.41, 5.74) is 0.